The maximum absolute atomic E-state index is 13.2. The molecule has 0 rings (SSSR count). The van der Waals surface area contributed by atoms with Crippen molar-refractivity contribution in [3.05, 3.63) is 0 Å². The van der Waals surface area contributed by atoms with Crippen LogP contribution in [0.25, 0.3) is 0 Å². The molecule has 0 aromatic carbocycles. The second-order valence-electron chi connectivity index (χ2n) is 5.13. The number of halogens is 16. The fourth-order valence-electron chi connectivity index (χ4n) is 1.48. The quantitative estimate of drug-likeness (QED) is 0.401. The number of hydrogen-bond donors (Lipinski definition) is 2. The second-order valence-corrected chi connectivity index (χ2v) is 5.13. The lowest BCUT2D eigenvalue weighted by molar-refractivity contribution is -0.468. The molecule has 170 valence electrons. The molecule has 3 atom stereocenters. The Labute approximate surface area is 142 Å². The lowest BCUT2D eigenvalue weighted by Gasteiger charge is -2.41. The summed E-state index contributed by atoms with van der Waals surface area (Å²) in [6, 6.07) is -6.72. The zero-order valence-corrected chi connectivity index (χ0v) is 12.3. The molecule has 0 radical (unpaired) electrons. The first-order valence-electron chi connectivity index (χ1n) is 6.16. The van der Waals surface area contributed by atoms with Gasteiger partial charge in [-0.25, -0.2) is 22.0 Å². The van der Waals surface area contributed by atoms with Gasteiger partial charge < -0.3 is 10.2 Å². The largest absolute Gasteiger partial charge is 0.400 e. The monoisotopic (exact) mass is 462 g/mol. The van der Waals surface area contributed by atoms with Crippen molar-refractivity contribution in [3.8, 4) is 0 Å². The molecule has 3 unspecified atom stereocenters. The minimum absolute atomic E-state index is 4.67. The number of aliphatic hydroxyl groups is 2. The summed E-state index contributed by atoms with van der Waals surface area (Å²) in [7, 11) is 0. The molecule has 0 bridgehead atoms. The van der Waals surface area contributed by atoms with Crippen LogP contribution in [0.15, 0.2) is 0 Å². The van der Waals surface area contributed by atoms with E-state index in [2.05, 4.69) is 0 Å². The highest BCUT2D eigenvalue weighted by atomic mass is 19.4. The van der Waals surface area contributed by atoms with Gasteiger partial charge in [-0.1, -0.05) is 0 Å². The van der Waals surface area contributed by atoms with Crippen LogP contribution in [0.1, 0.15) is 0 Å². The maximum Gasteiger partial charge on any atom is 0.400 e. The number of rotatable bonds is 9. The van der Waals surface area contributed by atoms with Crippen LogP contribution in [0.5, 0.6) is 0 Å². The highest BCUT2D eigenvalue weighted by molar-refractivity contribution is 5.12. The van der Waals surface area contributed by atoms with E-state index in [1.54, 1.807) is 0 Å². The van der Waals surface area contributed by atoms with E-state index < -0.39 is 60.6 Å². The fraction of sp³-hybridized carbons (Fsp3) is 1.00. The molecule has 0 aliphatic heterocycles. The van der Waals surface area contributed by atoms with Gasteiger partial charge in [0, 0.05) is 0 Å². The van der Waals surface area contributed by atoms with Gasteiger partial charge in [0.2, 0.25) is 6.17 Å². The molecule has 0 aromatic rings. The van der Waals surface area contributed by atoms with Crippen LogP contribution >= 0.6 is 0 Å². The van der Waals surface area contributed by atoms with E-state index in [-0.39, 0.29) is 0 Å². The van der Waals surface area contributed by atoms with Crippen molar-refractivity contribution in [1.29, 1.82) is 0 Å². The molecule has 0 aliphatic carbocycles. The van der Waals surface area contributed by atoms with E-state index in [0.29, 0.717) is 0 Å². The van der Waals surface area contributed by atoms with Crippen LogP contribution in [0.4, 0.5) is 70.2 Å². The van der Waals surface area contributed by atoms with Crippen molar-refractivity contribution in [2.24, 2.45) is 0 Å². The smallest absolute Gasteiger partial charge is 0.335 e. The van der Waals surface area contributed by atoms with Gasteiger partial charge in [0.25, 0.3) is 6.43 Å². The Morgan fingerprint density at radius 3 is 1.07 bits per heavy atom. The SMILES string of the molecule is OC(O)(F)C(F)(F)C(F)(F)C(F)(F)C(F)(F)C(F)(F)C(F)C(F)C(F)C(F)F. The normalized spacial score (nSPS) is 19.0. The van der Waals surface area contributed by atoms with Gasteiger partial charge >= 0.3 is 35.7 Å². The third kappa shape index (κ3) is 3.68. The lowest BCUT2D eigenvalue weighted by atomic mass is 9.90. The zero-order valence-electron chi connectivity index (χ0n) is 12.3. The van der Waals surface area contributed by atoms with Gasteiger partial charge in [-0.05, 0) is 0 Å². The summed E-state index contributed by atoms with van der Waals surface area (Å²) in [4.78, 5) is 0. The first-order valence-corrected chi connectivity index (χ1v) is 6.16. The van der Waals surface area contributed by atoms with Gasteiger partial charge in [0.05, 0.1) is 0 Å². The predicted molar refractivity (Wildman–Crippen MR) is 53.7 cm³/mol. The molecular weight excluding hydrogens is 456 g/mol. The van der Waals surface area contributed by atoms with E-state index in [1.165, 1.54) is 0 Å². The Balaban J connectivity index is 6.32. The molecule has 18 heteroatoms. The van der Waals surface area contributed by atoms with Gasteiger partial charge in [0.15, 0.2) is 12.3 Å². The van der Waals surface area contributed by atoms with E-state index in [1.807, 2.05) is 0 Å². The second kappa shape index (κ2) is 7.24. The minimum Gasteiger partial charge on any atom is -0.335 e. The predicted octanol–water partition coefficient (Wildman–Crippen LogP) is 4.05. The number of hydrogen-bond acceptors (Lipinski definition) is 2. The molecule has 0 amide bonds. The van der Waals surface area contributed by atoms with E-state index in [0.717, 1.165) is 0 Å². The van der Waals surface area contributed by atoms with Crippen LogP contribution in [0.3, 0.4) is 0 Å². The molecule has 0 spiro atoms. The fourth-order valence-corrected chi connectivity index (χ4v) is 1.48. The average molecular weight is 462 g/mol. The van der Waals surface area contributed by atoms with Gasteiger partial charge in [0.1, 0.15) is 0 Å². The molecule has 0 aromatic heterocycles. The van der Waals surface area contributed by atoms with E-state index >= 15 is 0 Å². The topological polar surface area (TPSA) is 40.5 Å². The molecule has 0 fully saturated rings. The summed E-state index contributed by atoms with van der Waals surface area (Å²) in [5.41, 5.74) is 0. The molecule has 0 saturated heterocycles. The summed E-state index contributed by atoms with van der Waals surface area (Å²) in [6.07, 6.45) is -20.1. The van der Waals surface area contributed by atoms with Crippen LogP contribution in [0.2, 0.25) is 0 Å². The van der Waals surface area contributed by atoms with Crippen LogP contribution in [0, 0.1) is 0 Å². The summed E-state index contributed by atoms with van der Waals surface area (Å²) >= 11 is 0. The maximum atomic E-state index is 13.2. The van der Waals surface area contributed by atoms with Gasteiger partial charge in [-0.3, -0.25) is 0 Å². The molecule has 28 heavy (non-hydrogen) atoms. The molecule has 0 aliphatic rings. The molecule has 0 saturated carbocycles. The Morgan fingerprint density at radius 2 is 0.786 bits per heavy atom. The van der Waals surface area contributed by atoms with Crippen LogP contribution < -0.4 is 0 Å². The first-order chi connectivity index (χ1) is 11.9. The van der Waals surface area contributed by atoms with E-state index in [9.17, 15) is 70.2 Å². The van der Waals surface area contributed by atoms with Crippen LogP contribution in [-0.2, 0) is 0 Å². The molecule has 0 heterocycles. The minimum atomic E-state index is -8.28. The zero-order chi connectivity index (χ0) is 23.3. The summed E-state index contributed by atoms with van der Waals surface area (Å²) in [5, 5.41) is 15.3. The van der Waals surface area contributed by atoms with Crippen molar-refractivity contribution < 1.29 is 80.5 Å². The summed E-state index contributed by atoms with van der Waals surface area (Å²) in [5.74, 6) is -39.8. The Kier molecular flexibility index (Phi) is 6.93. The van der Waals surface area contributed by atoms with Crippen LogP contribution in [-0.4, -0.2) is 70.8 Å². The Morgan fingerprint density at radius 1 is 0.464 bits per heavy atom. The van der Waals surface area contributed by atoms with Gasteiger partial charge in [-0.15, -0.1) is 0 Å². The van der Waals surface area contributed by atoms with Gasteiger partial charge in [-0.2, -0.15) is 48.3 Å². The Bertz CT molecular complexity index is 540. The highest BCUT2D eigenvalue weighted by Crippen LogP contribution is 2.60. The van der Waals surface area contributed by atoms with Crippen molar-refractivity contribution in [2.75, 3.05) is 0 Å². The first kappa shape index (κ1) is 26.8. The van der Waals surface area contributed by atoms with Crippen molar-refractivity contribution in [1.82, 2.24) is 0 Å². The molecular formula is C10H6F16O2. The van der Waals surface area contributed by atoms with Crippen molar-refractivity contribution in [3.63, 3.8) is 0 Å². The standard InChI is InChI=1S/C10H6F16O2/c11-1(2(12)4(14)15)3(13)5(16,17)6(18,19)7(20,21)8(22,23)9(24,25)10(26,27)28/h1-4,27-28H. The number of alkyl halides is 16. The van der Waals surface area contributed by atoms with Crippen molar-refractivity contribution in [2.45, 2.75) is 60.6 Å². The lowest BCUT2D eigenvalue weighted by Crippen LogP contribution is -2.73. The highest BCUT2D eigenvalue weighted by Gasteiger charge is 2.91. The van der Waals surface area contributed by atoms with E-state index in [4.69, 9.17) is 10.2 Å². The van der Waals surface area contributed by atoms with Crippen molar-refractivity contribution >= 4 is 0 Å². The summed E-state index contributed by atoms with van der Waals surface area (Å²) in [6.45, 7) is 0. The Hall–Kier alpha value is -1.20. The third-order valence-electron chi connectivity index (χ3n) is 3.17. The summed E-state index contributed by atoms with van der Waals surface area (Å²) < 4.78 is 204. The molecule has 2 N–H and O–H groups in total. The average Bonchev–Trinajstić information content (AvgIpc) is 2.50. The molecule has 2 nitrogen and oxygen atoms in total. The third-order valence-corrected chi connectivity index (χ3v) is 3.17.